The molecule has 0 aliphatic rings. The van der Waals surface area contributed by atoms with Gasteiger partial charge in [0.15, 0.2) is 0 Å². The Morgan fingerprint density at radius 3 is 2.00 bits per heavy atom. The number of rotatable bonds is 8. The summed E-state index contributed by atoms with van der Waals surface area (Å²) in [4.78, 5) is 32.6. The predicted molar refractivity (Wildman–Crippen MR) is 127 cm³/mol. The fourth-order valence-electron chi connectivity index (χ4n) is 3.42. The van der Waals surface area contributed by atoms with Gasteiger partial charge < -0.3 is 15.2 Å². The first-order chi connectivity index (χ1) is 15.7. The normalized spacial score (nSPS) is 12.1. The number of aromatic nitrogens is 2. The van der Waals surface area contributed by atoms with Crippen LogP contribution in [0.2, 0.25) is 0 Å². The number of carboxylic acid groups (broad SMARTS) is 1. The molecule has 33 heavy (non-hydrogen) atoms. The summed E-state index contributed by atoms with van der Waals surface area (Å²) in [6.07, 6.45) is 4.26. The maximum atomic E-state index is 12.0. The van der Waals surface area contributed by atoms with Crippen LogP contribution in [0.1, 0.15) is 39.2 Å². The van der Waals surface area contributed by atoms with Crippen LogP contribution < -0.4 is 5.32 Å². The minimum Gasteiger partial charge on any atom is -0.480 e. The maximum absolute atomic E-state index is 12.0. The van der Waals surface area contributed by atoms with Crippen molar-refractivity contribution >= 4 is 12.1 Å². The molecular weight excluding hydrogens is 418 g/mol. The van der Waals surface area contributed by atoms with E-state index in [0.717, 1.165) is 28.1 Å². The van der Waals surface area contributed by atoms with E-state index in [0.29, 0.717) is 12.8 Å². The van der Waals surface area contributed by atoms with E-state index in [1.165, 1.54) is 0 Å². The molecule has 1 aromatic carbocycles. The molecule has 3 rings (SSSR count). The van der Waals surface area contributed by atoms with Crippen LogP contribution in [0.3, 0.4) is 0 Å². The second-order valence-corrected chi connectivity index (χ2v) is 8.78. The summed E-state index contributed by atoms with van der Waals surface area (Å²) in [5.74, 6) is -1.09. The molecule has 0 aliphatic carbocycles. The van der Waals surface area contributed by atoms with Crippen LogP contribution in [0.15, 0.2) is 67.0 Å². The fraction of sp³-hybridized carbons (Fsp3) is 0.308. The number of carbonyl (C=O) groups is 2. The topological polar surface area (TPSA) is 101 Å². The van der Waals surface area contributed by atoms with Gasteiger partial charge in [0.1, 0.15) is 11.6 Å². The number of pyridine rings is 2. The van der Waals surface area contributed by atoms with Crippen molar-refractivity contribution in [1.82, 2.24) is 15.3 Å². The lowest BCUT2D eigenvalue weighted by Gasteiger charge is -2.22. The number of aliphatic carboxylic acids is 1. The molecule has 3 aromatic rings. The molecular formula is C26H29N3O4. The zero-order chi connectivity index (χ0) is 23.8. The molecule has 1 atom stereocenters. The number of ether oxygens (including phenoxy) is 1. The lowest BCUT2D eigenvalue weighted by molar-refractivity contribution is -0.139. The first-order valence-electron chi connectivity index (χ1n) is 10.9. The summed E-state index contributed by atoms with van der Waals surface area (Å²) in [6, 6.07) is 16.7. The first-order valence-corrected chi connectivity index (χ1v) is 10.9. The van der Waals surface area contributed by atoms with E-state index in [9.17, 15) is 14.7 Å². The molecule has 0 bridgehead atoms. The number of carboxylic acids is 1. The summed E-state index contributed by atoms with van der Waals surface area (Å²) in [7, 11) is 0. The molecule has 0 unspecified atom stereocenters. The third-order valence-corrected chi connectivity index (χ3v) is 4.86. The highest BCUT2D eigenvalue weighted by atomic mass is 16.6. The Bertz CT molecular complexity index is 1020. The number of amides is 1. The van der Waals surface area contributed by atoms with E-state index in [-0.39, 0.29) is 6.42 Å². The highest BCUT2D eigenvalue weighted by Gasteiger charge is 2.23. The lowest BCUT2D eigenvalue weighted by atomic mass is 9.97. The van der Waals surface area contributed by atoms with Crippen LogP contribution in [-0.4, -0.2) is 38.8 Å². The second kappa shape index (κ2) is 10.7. The van der Waals surface area contributed by atoms with Crippen LogP contribution in [0, 0.1) is 0 Å². The van der Waals surface area contributed by atoms with Gasteiger partial charge in [0.05, 0.1) is 11.4 Å². The van der Waals surface area contributed by atoms with Gasteiger partial charge in [0.25, 0.3) is 0 Å². The van der Waals surface area contributed by atoms with Crippen molar-refractivity contribution in [2.75, 3.05) is 0 Å². The molecule has 2 heterocycles. The number of aryl methyl sites for hydroxylation is 1. The summed E-state index contributed by atoms with van der Waals surface area (Å²) >= 11 is 0. The summed E-state index contributed by atoms with van der Waals surface area (Å²) in [6.45, 7) is 5.20. The molecule has 0 saturated carbocycles. The Morgan fingerprint density at radius 2 is 1.55 bits per heavy atom. The summed E-state index contributed by atoms with van der Waals surface area (Å²) < 4.78 is 5.19. The molecule has 172 valence electrons. The number of benzene rings is 1. The van der Waals surface area contributed by atoms with E-state index in [2.05, 4.69) is 33.5 Å². The number of nitrogens with one attached hydrogen (secondary N) is 1. The minimum absolute atomic E-state index is 0.279. The van der Waals surface area contributed by atoms with E-state index >= 15 is 0 Å². The number of carbonyl (C=O) groups excluding carboxylic acids is 1. The van der Waals surface area contributed by atoms with Crippen LogP contribution >= 0.6 is 0 Å². The van der Waals surface area contributed by atoms with Crippen molar-refractivity contribution in [3.8, 4) is 22.5 Å². The Hall–Kier alpha value is -3.74. The molecule has 1 amide bonds. The standard InChI is InChI=1S/C26H29N3O4/c1-26(2,3)33-25(32)29-23(24(30)31)12-8-9-18-15-19(21-10-4-6-13-27-21)17-20(16-18)22-11-5-7-14-28-22/h4-7,10-11,13-17,23H,8-9,12H2,1-3H3,(H,29,32)(H,30,31)/t23-/m0/s1. The first kappa shape index (κ1) is 23.9. The number of hydrogen-bond donors (Lipinski definition) is 2. The van der Waals surface area contributed by atoms with Crippen molar-refractivity contribution in [1.29, 1.82) is 0 Å². The van der Waals surface area contributed by atoms with Gasteiger partial charge in [-0.2, -0.15) is 0 Å². The van der Waals surface area contributed by atoms with Crippen LogP contribution in [0.4, 0.5) is 4.79 Å². The number of hydrogen-bond acceptors (Lipinski definition) is 5. The maximum Gasteiger partial charge on any atom is 0.408 e. The quantitative estimate of drug-likeness (QED) is 0.497. The van der Waals surface area contributed by atoms with Crippen molar-refractivity contribution in [2.45, 2.75) is 51.7 Å². The molecule has 7 nitrogen and oxygen atoms in total. The van der Waals surface area contributed by atoms with Gasteiger partial charge >= 0.3 is 12.1 Å². The van der Waals surface area contributed by atoms with Crippen molar-refractivity contribution < 1.29 is 19.4 Å². The van der Waals surface area contributed by atoms with Crippen LogP contribution in [-0.2, 0) is 16.0 Å². The Balaban J connectivity index is 1.75. The molecule has 0 fully saturated rings. The molecule has 2 aromatic heterocycles. The second-order valence-electron chi connectivity index (χ2n) is 8.78. The van der Waals surface area contributed by atoms with Gasteiger partial charge in [-0.05, 0) is 88.1 Å². The van der Waals surface area contributed by atoms with E-state index in [4.69, 9.17) is 4.74 Å². The molecule has 0 aliphatic heterocycles. The largest absolute Gasteiger partial charge is 0.480 e. The highest BCUT2D eigenvalue weighted by molar-refractivity contribution is 5.80. The predicted octanol–water partition coefficient (Wildman–Crippen LogP) is 5.11. The zero-order valence-corrected chi connectivity index (χ0v) is 19.1. The third-order valence-electron chi connectivity index (χ3n) is 4.86. The van der Waals surface area contributed by atoms with Gasteiger partial charge in [-0.1, -0.05) is 12.1 Å². The van der Waals surface area contributed by atoms with Crippen molar-refractivity contribution in [2.24, 2.45) is 0 Å². The van der Waals surface area contributed by atoms with Gasteiger partial charge in [-0.25, -0.2) is 9.59 Å². The van der Waals surface area contributed by atoms with Gasteiger partial charge in [0, 0.05) is 23.5 Å². The zero-order valence-electron chi connectivity index (χ0n) is 19.1. The number of alkyl carbamates (subject to hydrolysis) is 1. The van der Waals surface area contributed by atoms with Crippen LogP contribution in [0.5, 0.6) is 0 Å². The van der Waals surface area contributed by atoms with Crippen molar-refractivity contribution in [3.63, 3.8) is 0 Å². The third kappa shape index (κ3) is 7.42. The molecule has 2 N–H and O–H groups in total. The SMILES string of the molecule is CC(C)(C)OC(=O)N[C@@H](CCCc1cc(-c2ccccn2)cc(-c2ccccn2)c1)C(=O)O. The monoisotopic (exact) mass is 447 g/mol. The van der Waals surface area contributed by atoms with Crippen LogP contribution in [0.25, 0.3) is 22.5 Å². The lowest BCUT2D eigenvalue weighted by Crippen LogP contribution is -2.43. The van der Waals surface area contributed by atoms with E-state index in [1.54, 1.807) is 33.2 Å². The minimum atomic E-state index is -1.09. The smallest absolute Gasteiger partial charge is 0.408 e. The molecule has 0 saturated heterocycles. The van der Waals surface area contributed by atoms with E-state index < -0.39 is 23.7 Å². The summed E-state index contributed by atoms with van der Waals surface area (Å²) in [5, 5.41) is 12.0. The molecule has 0 radical (unpaired) electrons. The average Bonchev–Trinajstić information content (AvgIpc) is 2.78. The van der Waals surface area contributed by atoms with Crippen molar-refractivity contribution in [3.05, 3.63) is 72.6 Å². The number of nitrogens with zero attached hydrogens (tertiary/aromatic N) is 2. The van der Waals surface area contributed by atoms with Gasteiger partial charge in [0.2, 0.25) is 0 Å². The Kier molecular flexibility index (Phi) is 7.77. The molecule has 7 heteroatoms. The average molecular weight is 448 g/mol. The Morgan fingerprint density at radius 1 is 0.970 bits per heavy atom. The van der Waals surface area contributed by atoms with E-state index in [1.807, 2.05) is 36.4 Å². The summed E-state index contributed by atoms with van der Waals surface area (Å²) in [5.41, 5.74) is 3.99. The molecule has 0 spiro atoms. The Labute approximate surface area is 193 Å². The highest BCUT2D eigenvalue weighted by Crippen LogP contribution is 2.27. The fourth-order valence-corrected chi connectivity index (χ4v) is 3.42. The van der Waals surface area contributed by atoms with Gasteiger partial charge in [-0.3, -0.25) is 9.97 Å². The van der Waals surface area contributed by atoms with Gasteiger partial charge in [-0.15, -0.1) is 0 Å².